The Hall–Kier alpha value is -2.02. The molecular weight excluding hydrogens is 273 g/mol. The van der Waals surface area contributed by atoms with Crippen LogP contribution in [0.4, 0.5) is 4.39 Å². The molecule has 0 aliphatic heterocycles. The molecule has 2 aromatic rings. The molecular formula is C12H12FNO4S. The average Bonchev–Trinajstić information content (AvgIpc) is 2.54. The lowest BCUT2D eigenvalue weighted by atomic mass is 10.3. The van der Waals surface area contributed by atoms with Crippen LogP contribution >= 0.6 is 0 Å². The van der Waals surface area contributed by atoms with E-state index in [9.17, 15) is 23.0 Å². The maximum absolute atomic E-state index is 12.8. The number of nitrogens with zero attached hydrogens (tertiary/aromatic N) is 1. The number of halogens is 1. The lowest BCUT2D eigenvalue weighted by Crippen LogP contribution is -2.00. The van der Waals surface area contributed by atoms with Crippen LogP contribution in [0.5, 0.6) is 11.8 Å². The fourth-order valence-corrected chi connectivity index (χ4v) is 2.55. The Kier molecular flexibility index (Phi) is 3.23. The van der Waals surface area contributed by atoms with Crippen LogP contribution in [0.1, 0.15) is 5.56 Å². The monoisotopic (exact) mass is 285 g/mol. The third-order valence-electron chi connectivity index (χ3n) is 2.53. The van der Waals surface area contributed by atoms with E-state index in [0.717, 1.165) is 10.8 Å². The van der Waals surface area contributed by atoms with Crippen LogP contribution in [0.3, 0.4) is 0 Å². The second-order valence-electron chi connectivity index (χ2n) is 4.23. The zero-order chi connectivity index (χ0) is 14.2. The van der Waals surface area contributed by atoms with Gasteiger partial charge in [0.05, 0.1) is 11.4 Å². The second-order valence-corrected chi connectivity index (χ2v) is 6.37. The van der Waals surface area contributed by atoms with Gasteiger partial charge in [-0.2, -0.15) is 0 Å². The van der Waals surface area contributed by atoms with E-state index in [4.69, 9.17) is 0 Å². The molecule has 7 heteroatoms. The minimum absolute atomic E-state index is 0.0873. The van der Waals surface area contributed by atoms with Crippen molar-refractivity contribution in [3.05, 3.63) is 41.7 Å². The summed E-state index contributed by atoms with van der Waals surface area (Å²) in [4.78, 5) is 0. The van der Waals surface area contributed by atoms with Gasteiger partial charge in [0.15, 0.2) is 15.7 Å². The first kappa shape index (κ1) is 13.4. The summed E-state index contributed by atoms with van der Waals surface area (Å²) in [5.41, 5.74) is 0.417. The molecule has 5 nitrogen and oxygen atoms in total. The van der Waals surface area contributed by atoms with Gasteiger partial charge in [-0.05, 0) is 24.3 Å². The highest BCUT2D eigenvalue weighted by Gasteiger charge is 2.18. The van der Waals surface area contributed by atoms with E-state index in [1.54, 1.807) is 0 Å². The van der Waals surface area contributed by atoms with Crippen molar-refractivity contribution in [1.29, 1.82) is 0 Å². The summed E-state index contributed by atoms with van der Waals surface area (Å²) in [6.45, 7) is 0. The van der Waals surface area contributed by atoms with Gasteiger partial charge in [0.2, 0.25) is 5.88 Å². The second kappa shape index (κ2) is 4.58. The molecule has 0 fully saturated rings. The maximum atomic E-state index is 12.8. The molecule has 0 saturated heterocycles. The summed E-state index contributed by atoms with van der Waals surface area (Å²) >= 11 is 0. The van der Waals surface area contributed by atoms with Crippen molar-refractivity contribution in [3.8, 4) is 17.4 Å². The van der Waals surface area contributed by atoms with E-state index < -0.39 is 15.7 Å². The smallest absolute Gasteiger partial charge is 0.202 e. The third kappa shape index (κ3) is 2.87. The molecule has 1 aromatic carbocycles. The van der Waals surface area contributed by atoms with Gasteiger partial charge in [-0.3, -0.25) is 4.57 Å². The van der Waals surface area contributed by atoms with Gasteiger partial charge in [0.1, 0.15) is 5.82 Å². The zero-order valence-corrected chi connectivity index (χ0v) is 10.9. The first-order chi connectivity index (χ1) is 8.78. The molecule has 0 atom stereocenters. The van der Waals surface area contributed by atoms with Gasteiger partial charge < -0.3 is 10.2 Å². The Morgan fingerprint density at radius 3 is 2.32 bits per heavy atom. The molecule has 102 valence electrons. The normalized spacial score (nSPS) is 11.7. The van der Waals surface area contributed by atoms with Crippen molar-refractivity contribution in [2.75, 3.05) is 6.26 Å². The molecule has 19 heavy (non-hydrogen) atoms. The maximum Gasteiger partial charge on any atom is 0.202 e. The first-order valence-electron chi connectivity index (χ1n) is 5.34. The molecule has 1 aromatic heterocycles. The van der Waals surface area contributed by atoms with Crippen molar-refractivity contribution in [2.45, 2.75) is 5.75 Å². The van der Waals surface area contributed by atoms with Crippen molar-refractivity contribution < 1.29 is 23.0 Å². The molecule has 0 spiro atoms. The first-order valence-corrected chi connectivity index (χ1v) is 7.40. The summed E-state index contributed by atoms with van der Waals surface area (Å²) in [7, 11) is -3.34. The fourth-order valence-electron chi connectivity index (χ4n) is 1.77. The van der Waals surface area contributed by atoms with E-state index in [1.807, 2.05) is 0 Å². The number of hydrogen-bond acceptors (Lipinski definition) is 4. The van der Waals surface area contributed by atoms with Crippen LogP contribution in [0.2, 0.25) is 0 Å². The molecule has 0 radical (unpaired) electrons. The molecule has 2 N–H and O–H groups in total. The van der Waals surface area contributed by atoms with Crippen molar-refractivity contribution in [2.24, 2.45) is 0 Å². The predicted octanol–water partition coefficient (Wildman–Crippen LogP) is 1.57. The Bertz CT molecular complexity index is 704. The predicted molar refractivity (Wildman–Crippen MR) is 67.6 cm³/mol. The Labute approximate surface area is 109 Å². The van der Waals surface area contributed by atoms with Gasteiger partial charge in [0.25, 0.3) is 0 Å². The van der Waals surface area contributed by atoms with E-state index in [0.29, 0.717) is 5.69 Å². The van der Waals surface area contributed by atoms with E-state index in [2.05, 4.69) is 0 Å². The molecule has 0 unspecified atom stereocenters. The molecule has 0 aliphatic rings. The lowest BCUT2D eigenvalue weighted by Gasteiger charge is -2.07. The van der Waals surface area contributed by atoms with Crippen LogP contribution < -0.4 is 0 Å². The lowest BCUT2D eigenvalue weighted by molar-refractivity contribution is 0.401. The van der Waals surface area contributed by atoms with Crippen molar-refractivity contribution >= 4 is 9.84 Å². The number of benzene rings is 1. The van der Waals surface area contributed by atoms with Gasteiger partial charge >= 0.3 is 0 Å². The Morgan fingerprint density at radius 1 is 1.21 bits per heavy atom. The summed E-state index contributed by atoms with van der Waals surface area (Å²) < 4.78 is 36.3. The highest BCUT2D eigenvalue weighted by atomic mass is 32.2. The largest absolute Gasteiger partial charge is 0.494 e. The van der Waals surface area contributed by atoms with Crippen LogP contribution in [-0.2, 0) is 15.6 Å². The third-order valence-corrected chi connectivity index (χ3v) is 3.37. The molecule has 0 amide bonds. The number of rotatable bonds is 3. The van der Waals surface area contributed by atoms with Gasteiger partial charge in [-0.15, -0.1) is 0 Å². The topological polar surface area (TPSA) is 79.5 Å². The van der Waals surface area contributed by atoms with Crippen LogP contribution in [0.15, 0.2) is 30.3 Å². The fraction of sp³-hybridized carbons (Fsp3) is 0.167. The summed E-state index contributed by atoms with van der Waals surface area (Å²) in [5, 5.41) is 19.7. The Morgan fingerprint density at radius 2 is 1.79 bits per heavy atom. The quantitative estimate of drug-likeness (QED) is 0.897. The number of sulfone groups is 1. The van der Waals surface area contributed by atoms with E-state index in [1.165, 1.54) is 30.3 Å². The highest BCUT2D eigenvalue weighted by Crippen LogP contribution is 2.32. The van der Waals surface area contributed by atoms with Crippen LogP contribution in [0.25, 0.3) is 5.69 Å². The van der Waals surface area contributed by atoms with Crippen LogP contribution in [-0.4, -0.2) is 29.5 Å². The molecule has 0 aliphatic carbocycles. The number of aromatic hydroxyl groups is 2. The molecule has 0 bridgehead atoms. The SMILES string of the molecule is CS(=O)(=O)Cc1cc(O)n(-c2ccc(F)cc2)c1O. The Balaban J connectivity index is 2.50. The van der Waals surface area contributed by atoms with Gasteiger partial charge in [-0.1, -0.05) is 0 Å². The van der Waals surface area contributed by atoms with E-state index in [-0.39, 0.29) is 23.1 Å². The van der Waals surface area contributed by atoms with E-state index >= 15 is 0 Å². The number of hydrogen-bond donors (Lipinski definition) is 2. The van der Waals surface area contributed by atoms with Gasteiger partial charge in [-0.25, -0.2) is 12.8 Å². The summed E-state index contributed by atoms with van der Waals surface area (Å²) in [5.74, 6) is -1.54. The number of aromatic nitrogens is 1. The average molecular weight is 285 g/mol. The van der Waals surface area contributed by atoms with Crippen LogP contribution in [0, 0.1) is 5.82 Å². The van der Waals surface area contributed by atoms with Crippen molar-refractivity contribution in [3.63, 3.8) is 0 Å². The van der Waals surface area contributed by atoms with Gasteiger partial charge in [0, 0.05) is 17.9 Å². The molecule has 0 saturated carbocycles. The van der Waals surface area contributed by atoms with Crippen molar-refractivity contribution in [1.82, 2.24) is 4.57 Å². The highest BCUT2D eigenvalue weighted by molar-refractivity contribution is 7.89. The minimum Gasteiger partial charge on any atom is -0.494 e. The summed E-state index contributed by atoms with van der Waals surface area (Å²) in [6, 6.07) is 6.23. The summed E-state index contributed by atoms with van der Waals surface area (Å²) in [6.07, 6.45) is 1.03. The molecule has 1 heterocycles. The standard InChI is InChI=1S/C12H12FNO4S/c1-19(17,18)7-8-6-11(15)14(12(8)16)10-4-2-9(13)3-5-10/h2-6,15-16H,7H2,1H3. The molecule has 2 rings (SSSR count). The minimum atomic E-state index is -3.34. The zero-order valence-electron chi connectivity index (χ0n) is 10.0.